The number of pyridine rings is 1. The summed E-state index contributed by atoms with van der Waals surface area (Å²) in [6.07, 6.45) is 3.19. The summed E-state index contributed by atoms with van der Waals surface area (Å²) in [6.45, 7) is 0. The minimum absolute atomic E-state index is 0.142. The number of hydrogen-bond acceptors (Lipinski definition) is 4. The SMILES string of the molecule is S=c1oc2ccncc2o1. The van der Waals surface area contributed by atoms with Gasteiger partial charge in [0.15, 0.2) is 11.2 Å². The molecule has 0 aliphatic heterocycles. The normalized spacial score (nSPS) is 10.4. The van der Waals surface area contributed by atoms with Gasteiger partial charge in [-0.1, -0.05) is 0 Å². The highest BCUT2D eigenvalue weighted by Gasteiger charge is 1.97. The average molecular weight is 153 g/mol. The Morgan fingerprint density at radius 2 is 2.10 bits per heavy atom. The van der Waals surface area contributed by atoms with Gasteiger partial charge in [0.2, 0.25) is 0 Å². The minimum Gasteiger partial charge on any atom is -0.413 e. The van der Waals surface area contributed by atoms with Crippen LogP contribution in [0.4, 0.5) is 0 Å². The molecule has 0 radical (unpaired) electrons. The summed E-state index contributed by atoms with van der Waals surface area (Å²) in [5, 5.41) is 0. The number of nitrogens with zero attached hydrogens (tertiary/aromatic N) is 1. The van der Waals surface area contributed by atoms with Crippen molar-refractivity contribution in [1.82, 2.24) is 4.98 Å². The van der Waals surface area contributed by atoms with Gasteiger partial charge in [-0.2, -0.15) is 0 Å². The lowest BCUT2D eigenvalue weighted by molar-refractivity contribution is 0.443. The second-order valence-corrected chi connectivity index (χ2v) is 2.11. The topological polar surface area (TPSA) is 39.2 Å². The number of fused-ring (bicyclic) bond motifs is 1. The first kappa shape index (κ1) is 5.61. The highest BCUT2D eigenvalue weighted by Crippen LogP contribution is 2.13. The van der Waals surface area contributed by atoms with E-state index in [1.165, 1.54) is 0 Å². The minimum atomic E-state index is 0.142. The zero-order valence-corrected chi connectivity index (χ0v) is 5.72. The van der Waals surface area contributed by atoms with E-state index in [1.54, 1.807) is 18.5 Å². The molecule has 4 heteroatoms. The first-order valence-electron chi connectivity index (χ1n) is 2.70. The Morgan fingerprint density at radius 3 is 2.90 bits per heavy atom. The summed E-state index contributed by atoms with van der Waals surface area (Å²) in [5.74, 6) is 0. The third-order valence-corrected chi connectivity index (χ3v) is 1.30. The van der Waals surface area contributed by atoms with Gasteiger partial charge in [-0.15, -0.1) is 0 Å². The molecule has 0 fully saturated rings. The molecule has 0 aliphatic carbocycles. The first-order chi connectivity index (χ1) is 4.86. The fourth-order valence-electron chi connectivity index (χ4n) is 0.729. The van der Waals surface area contributed by atoms with Crippen LogP contribution in [0.3, 0.4) is 0 Å². The highest BCUT2D eigenvalue weighted by molar-refractivity contribution is 7.71. The molecule has 3 nitrogen and oxygen atoms in total. The van der Waals surface area contributed by atoms with E-state index in [0.717, 1.165) is 0 Å². The van der Waals surface area contributed by atoms with E-state index in [4.69, 9.17) is 8.83 Å². The van der Waals surface area contributed by atoms with Gasteiger partial charge in [0.25, 0.3) is 0 Å². The first-order valence-corrected chi connectivity index (χ1v) is 3.11. The van der Waals surface area contributed by atoms with Crippen LogP contribution >= 0.6 is 12.2 Å². The molecule has 0 saturated heterocycles. The maximum Gasteiger partial charge on any atom is 0.363 e. The number of aromatic nitrogens is 1. The number of hydrogen-bond donors (Lipinski definition) is 0. The molecule has 50 valence electrons. The molecule has 0 saturated carbocycles. The molecule has 2 heterocycles. The zero-order valence-electron chi connectivity index (χ0n) is 4.90. The molecule has 0 aliphatic rings. The van der Waals surface area contributed by atoms with Gasteiger partial charge in [-0.25, -0.2) is 0 Å². The van der Waals surface area contributed by atoms with Gasteiger partial charge in [-0.05, 0) is 0 Å². The lowest BCUT2D eigenvalue weighted by Crippen LogP contribution is -1.65. The van der Waals surface area contributed by atoms with Crippen LogP contribution in [0, 0.1) is 4.90 Å². The molecular weight excluding hydrogens is 150 g/mol. The third-order valence-electron chi connectivity index (χ3n) is 1.13. The fraction of sp³-hybridized carbons (Fsp3) is 0. The van der Waals surface area contributed by atoms with E-state index in [9.17, 15) is 0 Å². The monoisotopic (exact) mass is 153 g/mol. The van der Waals surface area contributed by atoms with Crippen molar-refractivity contribution in [2.24, 2.45) is 0 Å². The van der Waals surface area contributed by atoms with Crippen molar-refractivity contribution in [2.75, 3.05) is 0 Å². The third kappa shape index (κ3) is 0.733. The largest absolute Gasteiger partial charge is 0.413 e. The van der Waals surface area contributed by atoms with Crippen LogP contribution in [0.25, 0.3) is 11.2 Å². The fourth-order valence-corrected chi connectivity index (χ4v) is 0.908. The van der Waals surface area contributed by atoms with Crippen molar-refractivity contribution in [3.05, 3.63) is 23.4 Å². The number of rotatable bonds is 0. The van der Waals surface area contributed by atoms with Crippen LogP contribution in [-0.2, 0) is 0 Å². The maximum absolute atomic E-state index is 4.98. The molecule has 0 N–H and O–H groups in total. The Kier molecular flexibility index (Phi) is 1.07. The lowest BCUT2D eigenvalue weighted by Gasteiger charge is -1.77. The summed E-state index contributed by atoms with van der Waals surface area (Å²) < 4.78 is 9.93. The Morgan fingerprint density at radius 1 is 1.30 bits per heavy atom. The summed E-state index contributed by atoms with van der Waals surface area (Å²) in [5.41, 5.74) is 1.23. The van der Waals surface area contributed by atoms with Crippen LogP contribution in [0.2, 0.25) is 0 Å². The van der Waals surface area contributed by atoms with E-state index < -0.39 is 0 Å². The van der Waals surface area contributed by atoms with Crippen molar-refractivity contribution in [1.29, 1.82) is 0 Å². The van der Waals surface area contributed by atoms with Gasteiger partial charge in [0.1, 0.15) is 0 Å². The smallest absolute Gasteiger partial charge is 0.363 e. The Balaban J connectivity index is 3.01. The van der Waals surface area contributed by atoms with Crippen molar-refractivity contribution in [3.63, 3.8) is 0 Å². The predicted molar refractivity (Wildman–Crippen MR) is 37.1 cm³/mol. The predicted octanol–water partition coefficient (Wildman–Crippen LogP) is 2.15. The van der Waals surface area contributed by atoms with E-state index in [-0.39, 0.29) is 4.90 Å². The Bertz CT molecular complexity index is 367. The van der Waals surface area contributed by atoms with E-state index in [1.807, 2.05) is 0 Å². The summed E-state index contributed by atoms with van der Waals surface area (Å²) in [4.78, 5) is 3.97. The molecule has 2 aromatic rings. The van der Waals surface area contributed by atoms with Gasteiger partial charge >= 0.3 is 4.90 Å². The van der Waals surface area contributed by atoms with Crippen LogP contribution in [-0.4, -0.2) is 4.98 Å². The van der Waals surface area contributed by atoms with Crippen molar-refractivity contribution >= 4 is 23.4 Å². The summed E-state index contributed by atoms with van der Waals surface area (Å²) >= 11 is 4.65. The molecule has 0 amide bonds. The van der Waals surface area contributed by atoms with Crippen LogP contribution in [0.15, 0.2) is 27.3 Å². The lowest BCUT2D eigenvalue weighted by atomic mass is 10.5. The molecule has 10 heavy (non-hydrogen) atoms. The van der Waals surface area contributed by atoms with Crippen molar-refractivity contribution < 1.29 is 8.83 Å². The molecule has 0 spiro atoms. The van der Waals surface area contributed by atoms with Gasteiger partial charge in [0.05, 0.1) is 6.20 Å². The van der Waals surface area contributed by atoms with Gasteiger partial charge in [0, 0.05) is 24.5 Å². The summed E-state index contributed by atoms with van der Waals surface area (Å²) in [7, 11) is 0. The van der Waals surface area contributed by atoms with E-state index in [2.05, 4.69) is 17.2 Å². The van der Waals surface area contributed by atoms with Gasteiger partial charge < -0.3 is 8.83 Å². The van der Waals surface area contributed by atoms with Crippen LogP contribution in [0.1, 0.15) is 0 Å². The Hall–Kier alpha value is -1.16. The average Bonchev–Trinajstić information content (AvgIpc) is 2.27. The highest BCUT2D eigenvalue weighted by atomic mass is 32.1. The molecule has 0 atom stereocenters. The molecule has 2 rings (SSSR count). The van der Waals surface area contributed by atoms with E-state index in [0.29, 0.717) is 11.2 Å². The zero-order chi connectivity index (χ0) is 6.97. The standard InChI is InChI=1S/C6H3NO2S/c10-6-8-4-1-2-7-3-5(4)9-6/h1-3H. The summed E-state index contributed by atoms with van der Waals surface area (Å²) in [6, 6.07) is 1.70. The quantitative estimate of drug-likeness (QED) is 0.543. The molecular formula is C6H3NO2S. The molecule has 0 aromatic carbocycles. The van der Waals surface area contributed by atoms with Crippen LogP contribution < -0.4 is 0 Å². The second kappa shape index (κ2) is 1.91. The van der Waals surface area contributed by atoms with Crippen molar-refractivity contribution in [2.45, 2.75) is 0 Å². The molecule has 0 bridgehead atoms. The van der Waals surface area contributed by atoms with Crippen molar-refractivity contribution in [3.8, 4) is 0 Å². The van der Waals surface area contributed by atoms with E-state index >= 15 is 0 Å². The van der Waals surface area contributed by atoms with Crippen LogP contribution in [0.5, 0.6) is 0 Å². The molecule has 0 unspecified atom stereocenters. The second-order valence-electron chi connectivity index (χ2n) is 1.78. The Labute approximate surface area is 61.3 Å². The van der Waals surface area contributed by atoms with Gasteiger partial charge in [-0.3, -0.25) is 4.98 Å². The molecule has 2 aromatic heterocycles. The maximum atomic E-state index is 4.98.